The summed E-state index contributed by atoms with van der Waals surface area (Å²) in [5.74, 6) is -0.0528. The summed E-state index contributed by atoms with van der Waals surface area (Å²) < 4.78 is 5.07. The molecule has 0 saturated heterocycles. The summed E-state index contributed by atoms with van der Waals surface area (Å²) in [5, 5.41) is 0. The molecule has 14 heavy (non-hydrogen) atoms. The molecule has 0 fully saturated rings. The SMILES string of the molecule is CCCCCOC(=O)CCCN(C)C. The zero-order valence-corrected chi connectivity index (χ0v) is 9.71. The maximum atomic E-state index is 11.1. The molecule has 0 atom stereocenters. The van der Waals surface area contributed by atoms with Crippen molar-refractivity contribution in [3.05, 3.63) is 0 Å². The summed E-state index contributed by atoms with van der Waals surface area (Å²) in [4.78, 5) is 13.2. The van der Waals surface area contributed by atoms with Crippen LogP contribution < -0.4 is 0 Å². The third kappa shape index (κ3) is 9.52. The van der Waals surface area contributed by atoms with Crippen LogP contribution in [0.4, 0.5) is 0 Å². The highest BCUT2D eigenvalue weighted by Gasteiger charge is 2.02. The van der Waals surface area contributed by atoms with Gasteiger partial charge in [-0.15, -0.1) is 0 Å². The van der Waals surface area contributed by atoms with Crippen LogP contribution in [-0.4, -0.2) is 38.1 Å². The Hall–Kier alpha value is -0.570. The first-order valence-electron chi connectivity index (χ1n) is 5.47. The van der Waals surface area contributed by atoms with E-state index in [0.717, 1.165) is 32.2 Å². The van der Waals surface area contributed by atoms with Gasteiger partial charge in [-0.05, 0) is 33.5 Å². The molecule has 0 heterocycles. The van der Waals surface area contributed by atoms with Crippen molar-refractivity contribution in [1.82, 2.24) is 4.90 Å². The summed E-state index contributed by atoms with van der Waals surface area (Å²) in [6.45, 7) is 3.68. The zero-order valence-electron chi connectivity index (χ0n) is 9.71. The number of rotatable bonds is 8. The summed E-state index contributed by atoms with van der Waals surface area (Å²) >= 11 is 0. The van der Waals surface area contributed by atoms with Crippen molar-refractivity contribution in [2.24, 2.45) is 0 Å². The molecule has 0 amide bonds. The van der Waals surface area contributed by atoms with Crippen molar-refractivity contribution < 1.29 is 9.53 Å². The van der Waals surface area contributed by atoms with Crippen molar-refractivity contribution >= 4 is 5.97 Å². The normalized spacial score (nSPS) is 10.6. The molecule has 84 valence electrons. The van der Waals surface area contributed by atoms with Crippen LogP contribution in [0.15, 0.2) is 0 Å². The van der Waals surface area contributed by atoms with Crippen LogP contribution in [-0.2, 0) is 9.53 Å². The van der Waals surface area contributed by atoms with Gasteiger partial charge in [-0.2, -0.15) is 0 Å². The maximum absolute atomic E-state index is 11.1. The van der Waals surface area contributed by atoms with Gasteiger partial charge in [0.2, 0.25) is 0 Å². The molecule has 0 aliphatic carbocycles. The van der Waals surface area contributed by atoms with Crippen LogP contribution in [0.25, 0.3) is 0 Å². The van der Waals surface area contributed by atoms with Gasteiger partial charge in [0.05, 0.1) is 6.61 Å². The van der Waals surface area contributed by atoms with Gasteiger partial charge >= 0.3 is 5.97 Å². The van der Waals surface area contributed by atoms with E-state index in [9.17, 15) is 4.79 Å². The Balaban J connectivity index is 3.20. The lowest BCUT2D eigenvalue weighted by atomic mass is 10.2. The Morgan fingerprint density at radius 1 is 1.21 bits per heavy atom. The van der Waals surface area contributed by atoms with Gasteiger partial charge in [-0.25, -0.2) is 0 Å². The summed E-state index contributed by atoms with van der Waals surface area (Å²) in [7, 11) is 4.01. The number of hydrogen-bond acceptors (Lipinski definition) is 3. The predicted octanol–water partition coefficient (Wildman–Crippen LogP) is 2.06. The van der Waals surface area contributed by atoms with E-state index in [0.29, 0.717) is 13.0 Å². The first kappa shape index (κ1) is 13.4. The highest BCUT2D eigenvalue weighted by atomic mass is 16.5. The lowest BCUT2D eigenvalue weighted by Gasteiger charge is -2.08. The molecule has 0 bridgehead atoms. The van der Waals surface area contributed by atoms with Crippen LogP contribution in [0.2, 0.25) is 0 Å². The van der Waals surface area contributed by atoms with E-state index in [1.165, 1.54) is 0 Å². The van der Waals surface area contributed by atoms with Gasteiger partial charge < -0.3 is 9.64 Å². The summed E-state index contributed by atoms with van der Waals surface area (Å²) in [5.41, 5.74) is 0. The number of esters is 1. The second-order valence-electron chi connectivity index (χ2n) is 3.83. The highest BCUT2D eigenvalue weighted by molar-refractivity contribution is 5.69. The third-order valence-corrected chi connectivity index (χ3v) is 2.00. The summed E-state index contributed by atoms with van der Waals surface area (Å²) in [6, 6.07) is 0. The zero-order chi connectivity index (χ0) is 10.8. The van der Waals surface area contributed by atoms with Crippen LogP contribution in [0.1, 0.15) is 39.0 Å². The average molecular weight is 201 g/mol. The number of carbonyl (C=O) groups is 1. The fourth-order valence-corrected chi connectivity index (χ4v) is 1.15. The number of unbranched alkanes of at least 4 members (excludes halogenated alkanes) is 2. The molecule has 0 unspecified atom stereocenters. The minimum atomic E-state index is -0.0528. The quantitative estimate of drug-likeness (QED) is 0.445. The van der Waals surface area contributed by atoms with E-state index in [2.05, 4.69) is 11.8 Å². The van der Waals surface area contributed by atoms with E-state index in [-0.39, 0.29) is 5.97 Å². The molecule has 0 saturated carbocycles. The molecular formula is C11H23NO2. The Labute approximate surface area is 87.4 Å². The number of ether oxygens (including phenoxy) is 1. The fraction of sp³-hybridized carbons (Fsp3) is 0.909. The molecule has 0 aromatic heterocycles. The molecule has 0 N–H and O–H groups in total. The monoisotopic (exact) mass is 201 g/mol. The third-order valence-electron chi connectivity index (χ3n) is 2.00. The first-order valence-corrected chi connectivity index (χ1v) is 5.47. The standard InChI is InChI=1S/C11H23NO2/c1-4-5-6-10-14-11(13)8-7-9-12(2)3/h4-10H2,1-3H3. The molecule has 3 nitrogen and oxygen atoms in total. The van der Waals surface area contributed by atoms with Crippen LogP contribution in [0, 0.1) is 0 Å². The topological polar surface area (TPSA) is 29.5 Å². The number of hydrogen-bond donors (Lipinski definition) is 0. The Morgan fingerprint density at radius 3 is 2.50 bits per heavy atom. The lowest BCUT2D eigenvalue weighted by molar-refractivity contribution is -0.143. The van der Waals surface area contributed by atoms with Crippen molar-refractivity contribution in [1.29, 1.82) is 0 Å². The molecule has 0 spiro atoms. The minimum absolute atomic E-state index is 0.0528. The van der Waals surface area contributed by atoms with Crippen molar-refractivity contribution in [2.75, 3.05) is 27.2 Å². The van der Waals surface area contributed by atoms with Gasteiger partial charge in [-0.1, -0.05) is 19.8 Å². The van der Waals surface area contributed by atoms with Crippen molar-refractivity contribution in [2.45, 2.75) is 39.0 Å². The largest absolute Gasteiger partial charge is 0.466 e. The number of carbonyl (C=O) groups excluding carboxylic acids is 1. The molecule has 0 aromatic carbocycles. The first-order chi connectivity index (χ1) is 6.66. The average Bonchev–Trinajstić information content (AvgIpc) is 2.12. The predicted molar refractivity (Wildman–Crippen MR) is 58.3 cm³/mol. The van der Waals surface area contributed by atoms with E-state index in [1.807, 2.05) is 14.1 Å². The van der Waals surface area contributed by atoms with Crippen molar-refractivity contribution in [3.63, 3.8) is 0 Å². The minimum Gasteiger partial charge on any atom is -0.466 e. The van der Waals surface area contributed by atoms with E-state index >= 15 is 0 Å². The fourth-order valence-electron chi connectivity index (χ4n) is 1.15. The second kappa shape index (κ2) is 9.00. The highest BCUT2D eigenvalue weighted by Crippen LogP contribution is 1.98. The molecule has 3 heteroatoms. The Morgan fingerprint density at radius 2 is 1.93 bits per heavy atom. The van der Waals surface area contributed by atoms with E-state index in [4.69, 9.17) is 4.74 Å². The van der Waals surface area contributed by atoms with Gasteiger partial charge in [0.1, 0.15) is 0 Å². The van der Waals surface area contributed by atoms with Gasteiger partial charge in [0.15, 0.2) is 0 Å². The smallest absolute Gasteiger partial charge is 0.305 e. The van der Waals surface area contributed by atoms with Crippen LogP contribution in [0.3, 0.4) is 0 Å². The molecule has 0 aliphatic rings. The molecule has 0 aromatic rings. The van der Waals surface area contributed by atoms with E-state index in [1.54, 1.807) is 0 Å². The molecule has 0 rings (SSSR count). The second-order valence-corrected chi connectivity index (χ2v) is 3.83. The Bertz CT molecular complexity index is 146. The number of nitrogens with zero attached hydrogens (tertiary/aromatic N) is 1. The van der Waals surface area contributed by atoms with Crippen molar-refractivity contribution in [3.8, 4) is 0 Å². The maximum Gasteiger partial charge on any atom is 0.305 e. The summed E-state index contributed by atoms with van der Waals surface area (Å²) in [6.07, 6.45) is 4.74. The van der Waals surface area contributed by atoms with Gasteiger partial charge in [0, 0.05) is 6.42 Å². The lowest BCUT2D eigenvalue weighted by Crippen LogP contribution is -2.15. The van der Waals surface area contributed by atoms with E-state index < -0.39 is 0 Å². The van der Waals surface area contributed by atoms with Crippen LogP contribution in [0.5, 0.6) is 0 Å². The molecular weight excluding hydrogens is 178 g/mol. The molecule has 0 aliphatic heterocycles. The van der Waals surface area contributed by atoms with Gasteiger partial charge in [-0.3, -0.25) is 4.79 Å². The van der Waals surface area contributed by atoms with Gasteiger partial charge in [0.25, 0.3) is 0 Å². The van der Waals surface area contributed by atoms with Crippen LogP contribution >= 0.6 is 0 Å². The Kier molecular flexibility index (Phi) is 8.64. The molecule has 0 radical (unpaired) electrons.